The number of ether oxygens (including phenoxy) is 1. The Morgan fingerprint density at radius 1 is 1.09 bits per heavy atom. The highest BCUT2D eigenvalue weighted by molar-refractivity contribution is 6.09. The molecule has 1 atom stereocenters. The molecule has 4 rings (SSSR count). The zero-order valence-electron chi connectivity index (χ0n) is 19.1. The van der Waals surface area contributed by atoms with Crippen LogP contribution in [0.1, 0.15) is 40.2 Å². The Morgan fingerprint density at radius 2 is 1.79 bits per heavy atom. The fraction of sp³-hybridized carbons (Fsp3) is 0.333. The summed E-state index contributed by atoms with van der Waals surface area (Å²) in [4.78, 5) is 26.3. The van der Waals surface area contributed by atoms with Crippen LogP contribution < -0.4 is 0 Å². The number of aliphatic imine (C=N–C) groups is 1. The lowest BCUT2D eigenvalue weighted by molar-refractivity contribution is 0.0638. The third-order valence-corrected chi connectivity index (χ3v) is 5.46. The summed E-state index contributed by atoms with van der Waals surface area (Å²) in [5, 5.41) is 7.34. The van der Waals surface area contributed by atoms with Crippen LogP contribution in [0.5, 0.6) is 0 Å². The Bertz CT molecular complexity index is 1090. The average molecular weight is 469 g/mol. The number of carbonyl (C=O) groups is 1. The first-order chi connectivity index (χ1) is 15.5. The maximum atomic E-state index is 12.8. The molecule has 9 heteroatoms. The summed E-state index contributed by atoms with van der Waals surface area (Å²) >= 11 is 0. The minimum atomic E-state index is -0.0927. The van der Waals surface area contributed by atoms with Crippen molar-refractivity contribution in [1.82, 2.24) is 25.0 Å². The number of halogens is 1. The van der Waals surface area contributed by atoms with Gasteiger partial charge >= 0.3 is 0 Å². The van der Waals surface area contributed by atoms with Gasteiger partial charge in [-0.2, -0.15) is 15.1 Å². The molecule has 2 aromatic carbocycles. The second kappa shape index (κ2) is 11.1. The topological polar surface area (TPSA) is 86.7 Å². The monoisotopic (exact) mass is 468 g/mol. The van der Waals surface area contributed by atoms with E-state index in [1.54, 1.807) is 0 Å². The molecule has 1 unspecified atom stereocenters. The molecular formula is C24H29ClN6O2. The second-order valence-corrected chi connectivity index (χ2v) is 7.97. The Morgan fingerprint density at radius 3 is 2.48 bits per heavy atom. The second-order valence-electron chi connectivity index (χ2n) is 7.97. The molecule has 8 nitrogen and oxygen atoms in total. The van der Waals surface area contributed by atoms with Gasteiger partial charge in [-0.1, -0.05) is 55.5 Å². The maximum Gasteiger partial charge on any atom is 0.248 e. The van der Waals surface area contributed by atoms with E-state index in [-0.39, 0.29) is 24.1 Å². The summed E-state index contributed by atoms with van der Waals surface area (Å²) in [5.74, 6) is 1.82. The lowest BCUT2D eigenvalue weighted by Gasteiger charge is -2.32. The minimum absolute atomic E-state index is 0. The lowest BCUT2D eigenvalue weighted by atomic mass is 9.95. The fourth-order valence-corrected chi connectivity index (χ4v) is 3.68. The van der Waals surface area contributed by atoms with Gasteiger partial charge in [0.15, 0.2) is 11.6 Å². The van der Waals surface area contributed by atoms with E-state index in [0.29, 0.717) is 36.1 Å². The minimum Gasteiger partial charge on any atom is -0.378 e. The molecule has 1 aliphatic heterocycles. The molecule has 0 bridgehead atoms. The van der Waals surface area contributed by atoms with Crippen molar-refractivity contribution in [2.45, 2.75) is 12.8 Å². The molecule has 2 heterocycles. The molecule has 1 aliphatic rings. The van der Waals surface area contributed by atoms with Crippen molar-refractivity contribution in [3.05, 3.63) is 77.1 Å². The van der Waals surface area contributed by atoms with Gasteiger partial charge in [0, 0.05) is 44.2 Å². The van der Waals surface area contributed by atoms with Gasteiger partial charge in [-0.15, -0.1) is 12.4 Å². The molecule has 0 amide bonds. The number of nitrogens with one attached hydrogen (secondary N) is 1. The summed E-state index contributed by atoms with van der Waals surface area (Å²) in [7, 11) is 3.92. The number of hydrogen-bond acceptors (Lipinski definition) is 5. The SMILES string of the molecule is CC(c1cccc(C(=O)c2ccccc2)c1)c1n[nH]c(N=C(N(C)C)N2CCOCC2)n1.Cl. The molecule has 0 spiro atoms. The van der Waals surface area contributed by atoms with Gasteiger partial charge in [-0.3, -0.25) is 4.79 Å². The van der Waals surface area contributed by atoms with Gasteiger partial charge in [-0.25, -0.2) is 5.10 Å². The van der Waals surface area contributed by atoms with Crippen LogP contribution in [0.2, 0.25) is 0 Å². The first-order valence-electron chi connectivity index (χ1n) is 10.7. The van der Waals surface area contributed by atoms with E-state index >= 15 is 0 Å². The van der Waals surface area contributed by atoms with E-state index in [9.17, 15) is 4.79 Å². The molecule has 33 heavy (non-hydrogen) atoms. The van der Waals surface area contributed by atoms with Gasteiger partial charge in [0.2, 0.25) is 11.9 Å². The predicted octanol–water partition coefficient (Wildman–Crippen LogP) is 3.49. The third-order valence-electron chi connectivity index (χ3n) is 5.46. The zero-order chi connectivity index (χ0) is 22.5. The van der Waals surface area contributed by atoms with Crippen molar-refractivity contribution in [3.63, 3.8) is 0 Å². The Kier molecular flexibility index (Phi) is 8.19. The molecule has 1 N–H and O–H groups in total. The Hall–Kier alpha value is -3.23. The molecule has 3 aromatic rings. The lowest BCUT2D eigenvalue weighted by Crippen LogP contribution is -2.46. The normalized spacial score (nSPS) is 15.0. The summed E-state index contributed by atoms with van der Waals surface area (Å²) in [6.07, 6.45) is 0. The van der Waals surface area contributed by atoms with Crippen LogP contribution in [0, 0.1) is 0 Å². The number of carbonyl (C=O) groups excluding carboxylic acids is 1. The molecule has 174 valence electrons. The number of guanidine groups is 1. The van der Waals surface area contributed by atoms with Crippen molar-refractivity contribution in [2.24, 2.45) is 4.99 Å². The van der Waals surface area contributed by atoms with Crippen molar-refractivity contribution in [1.29, 1.82) is 0 Å². The molecule has 0 radical (unpaired) electrons. The van der Waals surface area contributed by atoms with E-state index < -0.39 is 0 Å². The van der Waals surface area contributed by atoms with Gasteiger partial charge in [0.25, 0.3) is 0 Å². The van der Waals surface area contributed by atoms with E-state index in [1.807, 2.05) is 80.5 Å². The zero-order valence-corrected chi connectivity index (χ0v) is 19.9. The fourth-order valence-electron chi connectivity index (χ4n) is 3.68. The van der Waals surface area contributed by atoms with Gasteiger partial charge < -0.3 is 14.5 Å². The van der Waals surface area contributed by atoms with Crippen LogP contribution in [0.15, 0.2) is 59.6 Å². The molecule has 0 aliphatic carbocycles. The highest BCUT2D eigenvalue weighted by Crippen LogP contribution is 2.24. The molecule has 1 aromatic heterocycles. The number of morpholine rings is 1. The van der Waals surface area contributed by atoms with Crippen molar-refractivity contribution < 1.29 is 9.53 Å². The molecule has 1 fully saturated rings. The number of H-pyrrole nitrogens is 1. The average Bonchev–Trinajstić information content (AvgIpc) is 3.31. The van der Waals surface area contributed by atoms with E-state index in [0.717, 1.165) is 24.6 Å². The molecule has 1 saturated heterocycles. The van der Waals surface area contributed by atoms with Crippen LogP contribution in [0.4, 0.5) is 5.95 Å². The Labute approximate surface area is 200 Å². The summed E-state index contributed by atoms with van der Waals surface area (Å²) in [5.41, 5.74) is 2.30. The summed E-state index contributed by atoms with van der Waals surface area (Å²) in [6.45, 7) is 4.97. The number of aromatic nitrogens is 3. The Balaban J connectivity index is 0.00000306. The van der Waals surface area contributed by atoms with Crippen LogP contribution >= 0.6 is 12.4 Å². The van der Waals surface area contributed by atoms with Gasteiger partial charge in [-0.05, 0) is 11.6 Å². The number of ketones is 1. The van der Waals surface area contributed by atoms with Crippen LogP contribution in [-0.2, 0) is 4.74 Å². The largest absolute Gasteiger partial charge is 0.378 e. The predicted molar refractivity (Wildman–Crippen MR) is 131 cm³/mol. The van der Waals surface area contributed by atoms with Crippen molar-refractivity contribution in [3.8, 4) is 0 Å². The van der Waals surface area contributed by atoms with Crippen LogP contribution in [0.25, 0.3) is 0 Å². The third kappa shape index (κ3) is 5.77. The molecular weight excluding hydrogens is 440 g/mol. The quantitative estimate of drug-likeness (QED) is 0.350. The van der Waals surface area contributed by atoms with Gasteiger partial charge in [0.1, 0.15) is 0 Å². The number of benzene rings is 2. The van der Waals surface area contributed by atoms with Crippen molar-refractivity contribution >= 4 is 30.1 Å². The van der Waals surface area contributed by atoms with E-state index in [4.69, 9.17) is 9.73 Å². The van der Waals surface area contributed by atoms with Gasteiger partial charge in [0.05, 0.1) is 13.2 Å². The first kappa shape index (κ1) is 24.4. The summed E-state index contributed by atoms with van der Waals surface area (Å²) in [6, 6.07) is 16.9. The highest BCUT2D eigenvalue weighted by atomic mass is 35.5. The first-order valence-corrected chi connectivity index (χ1v) is 10.7. The number of aromatic amines is 1. The number of nitrogens with zero attached hydrogens (tertiary/aromatic N) is 5. The van der Waals surface area contributed by atoms with E-state index in [1.165, 1.54) is 0 Å². The highest BCUT2D eigenvalue weighted by Gasteiger charge is 2.20. The number of rotatable bonds is 5. The molecule has 0 saturated carbocycles. The van der Waals surface area contributed by atoms with Crippen LogP contribution in [-0.4, -0.2) is 77.1 Å². The summed E-state index contributed by atoms with van der Waals surface area (Å²) < 4.78 is 5.44. The number of hydrogen-bond donors (Lipinski definition) is 1. The van der Waals surface area contributed by atoms with Crippen LogP contribution in [0.3, 0.4) is 0 Å². The smallest absolute Gasteiger partial charge is 0.248 e. The standard InChI is InChI=1S/C24H28N6O2.ClH/c1-17(19-10-7-11-20(16-19)21(31)18-8-5-4-6-9-18)22-25-23(28-27-22)26-24(29(2)3)30-12-14-32-15-13-30;/h4-11,16-17H,12-15H2,1-3H3,(H,25,27,28);1H. The van der Waals surface area contributed by atoms with E-state index in [2.05, 4.69) is 20.1 Å². The maximum absolute atomic E-state index is 12.8. The van der Waals surface area contributed by atoms with Crippen molar-refractivity contribution in [2.75, 3.05) is 40.4 Å².